The first-order chi connectivity index (χ1) is 9.26. The van der Waals surface area contributed by atoms with Gasteiger partial charge in [0.05, 0.1) is 5.41 Å². The molecule has 0 aliphatic carbocycles. The van der Waals surface area contributed by atoms with Crippen LogP contribution < -0.4 is 16.4 Å². The monoisotopic (exact) mass is 277 g/mol. The van der Waals surface area contributed by atoms with Crippen molar-refractivity contribution < 1.29 is 9.59 Å². The lowest BCUT2D eigenvalue weighted by Gasteiger charge is -2.21. The van der Waals surface area contributed by atoms with Crippen molar-refractivity contribution in [3.8, 4) is 0 Å². The van der Waals surface area contributed by atoms with Crippen molar-refractivity contribution in [1.29, 1.82) is 0 Å². The zero-order valence-corrected chi connectivity index (χ0v) is 12.5. The second kappa shape index (κ2) is 6.52. The SMILES string of the molecule is CC(C)C(=O)Nc1ccc(NC(=O)C(C)(C)CN)cc1. The van der Waals surface area contributed by atoms with E-state index < -0.39 is 5.41 Å². The third-order valence-corrected chi connectivity index (χ3v) is 3.06. The van der Waals surface area contributed by atoms with Crippen LogP contribution in [0, 0.1) is 11.3 Å². The van der Waals surface area contributed by atoms with E-state index in [1.807, 2.05) is 13.8 Å². The Morgan fingerprint density at radius 3 is 1.95 bits per heavy atom. The lowest BCUT2D eigenvalue weighted by molar-refractivity contribution is -0.123. The van der Waals surface area contributed by atoms with E-state index in [2.05, 4.69) is 10.6 Å². The van der Waals surface area contributed by atoms with Gasteiger partial charge in [-0.3, -0.25) is 9.59 Å². The van der Waals surface area contributed by atoms with Crippen LogP contribution in [0.3, 0.4) is 0 Å². The summed E-state index contributed by atoms with van der Waals surface area (Å²) in [4.78, 5) is 23.5. The fraction of sp³-hybridized carbons (Fsp3) is 0.467. The Morgan fingerprint density at radius 1 is 1.10 bits per heavy atom. The number of nitrogens with one attached hydrogen (secondary N) is 2. The molecule has 0 heterocycles. The maximum absolute atomic E-state index is 12.0. The minimum Gasteiger partial charge on any atom is -0.329 e. The van der Waals surface area contributed by atoms with Crippen molar-refractivity contribution >= 4 is 23.2 Å². The van der Waals surface area contributed by atoms with Crippen LogP contribution >= 0.6 is 0 Å². The predicted molar refractivity (Wildman–Crippen MR) is 81.4 cm³/mol. The van der Waals surface area contributed by atoms with Gasteiger partial charge in [-0.1, -0.05) is 13.8 Å². The van der Waals surface area contributed by atoms with E-state index in [0.29, 0.717) is 11.4 Å². The summed E-state index contributed by atoms with van der Waals surface area (Å²) in [5.41, 5.74) is 6.34. The van der Waals surface area contributed by atoms with Crippen molar-refractivity contribution in [2.24, 2.45) is 17.1 Å². The Bertz CT molecular complexity index is 478. The van der Waals surface area contributed by atoms with E-state index in [4.69, 9.17) is 5.73 Å². The molecule has 2 amide bonds. The molecule has 0 aliphatic rings. The van der Waals surface area contributed by atoms with Gasteiger partial charge in [-0.05, 0) is 38.1 Å². The first-order valence-corrected chi connectivity index (χ1v) is 6.68. The maximum Gasteiger partial charge on any atom is 0.231 e. The maximum atomic E-state index is 12.0. The summed E-state index contributed by atoms with van der Waals surface area (Å²) >= 11 is 0. The van der Waals surface area contributed by atoms with Gasteiger partial charge in [0, 0.05) is 23.8 Å². The molecule has 1 aromatic carbocycles. The van der Waals surface area contributed by atoms with Crippen molar-refractivity contribution in [3.63, 3.8) is 0 Å². The smallest absolute Gasteiger partial charge is 0.231 e. The van der Waals surface area contributed by atoms with Crippen molar-refractivity contribution in [2.45, 2.75) is 27.7 Å². The average Bonchev–Trinajstić information content (AvgIpc) is 2.40. The van der Waals surface area contributed by atoms with Crippen LogP contribution in [0.4, 0.5) is 11.4 Å². The van der Waals surface area contributed by atoms with E-state index in [-0.39, 0.29) is 24.3 Å². The van der Waals surface area contributed by atoms with E-state index in [0.717, 1.165) is 0 Å². The van der Waals surface area contributed by atoms with Gasteiger partial charge in [0.15, 0.2) is 0 Å². The Hall–Kier alpha value is -1.88. The number of carbonyl (C=O) groups excluding carboxylic acids is 2. The highest BCUT2D eigenvalue weighted by Crippen LogP contribution is 2.19. The summed E-state index contributed by atoms with van der Waals surface area (Å²) in [6.07, 6.45) is 0. The van der Waals surface area contributed by atoms with Crippen molar-refractivity contribution in [3.05, 3.63) is 24.3 Å². The average molecular weight is 277 g/mol. The van der Waals surface area contributed by atoms with E-state index in [1.54, 1.807) is 38.1 Å². The molecule has 0 atom stereocenters. The van der Waals surface area contributed by atoms with Crippen LogP contribution in [-0.2, 0) is 9.59 Å². The highest BCUT2D eigenvalue weighted by atomic mass is 16.2. The summed E-state index contributed by atoms with van der Waals surface area (Å²) in [7, 11) is 0. The summed E-state index contributed by atoms with van der Waals surface area (Å²) in [5.74, 6) is -0.232. The quantitative estimate of drug-likeness (QED) is 0.771. The molecule has 5 nitrogen and oxygen atoms in total. The van der Waals surface area contributed by atoms with Crippen LogP contribution in [-0.4, -0.2) is 18.4 Å². The van der Waals surface area contributed by atoms with Gasteiger partial charge >= 0.3 is 0 Å². The van der Waals surface area contributed by atoms with Gasteiger partial charge in [-0.25, -0.2) is 0 Å². The normalized spacial score (nSPS) is 11.3. The number of nitrogens with two attached hydrogens (primary N) is 1. The molecule has 1 rings (SSSR count). The largest absolute Gasteiger partial charge is 0.329 e. The molecule has 5 heteroatoms. The highest BCUT2D eigenvalue weighted by Gasteiger charge is 2.25. The molecule has 110 valence electrons. The molecule has 0 bridgehead atoms. The van der Waals surface area contributed by atoms with Gasteiger partial charge in [0.2, 0.25) is 11.8 Å². The Morgan fingerprint density at radius 2 is 1.55 bits per heavy atom. The molecular formula is C15H23N3O2. The molecule has 0 unspecified atom stereocenters. The number of rotatable bonds is 5. The molecule has 0 saturated carbocycles. The first-order valence-electron chi connectivity index (χ1n) is 6.68. The van der Waals surface area contributed by atoms with Gasteiger partial charge in [-0.2, -0.15) is 0 Å². The molecule has 0 radical (unpaired) electrons. The Balaban J connectivity index is 2.68. The zero-order chi connectivity index (χ0) is 15.3. The standard InChI is InChI=1S/C15H23N3O2/c1-10(2)13(19)17-11-5-7-12(8-6-11)18-14(20)15(3,4)9-16/h5-8,10H,9,16H2,1-4H3,(H,17,19)(H,18,20). The molecule has 0 fully saturated rings. The lowest BCUT2D eigenvalue weighted by Crippen LogP contribution is -2.37. The summed E-state index contributed by atoms with van der Waals surface area (Å²) in [6, 6.07) is 7.01. The molecular weight excluding hydrogens is 254 g/mol. The van der Waals surface area contributed by atoms with Crippen LogP contribution in [0.15, 0.2) is 24.3 Å². The van der Waals surface area contributed by atoms with E-state index in [9.17, 15) is 9.59 Å². The highest BCUT2D eigenvalue weighted by molar-refractivity contribution is 5.96. The second-order valence-corrected chi connectivity index (χ2v) is 5.76. The number of amides is 2. The van der Waals surface area contributed by atoms with Gasteiger partial charge in [0.1, 0.15) is 0 Å². The first kappa shape index (κ1) is 16.2. The second-order valence-electron chi connectivity index (χ2n) is 5.76. The van der Waals surface area contributed by atoms with Gasteiger partial charge in [0.25, 0.3) is 0 Å². The molecule has 4 N–H and O–H groups in total. The molecule has 0 spiro atoms. The van der Waals surface area contributed by atoms with E-state index in [1.165, 1.54) is 0 Å². The zero-order valence-electron chi connectivity index (χ0n) is 12.5. The van der Waals surface area contributed by atoms with E-state index >= 15 is 0 Å². The van der Waals surface area contributed by atoms with Crippen LogP contribution in [0.25, 0.3) is 0 Å². The Kier molecular flexibility index (Phi) is 5.27. The molecule has 0 saturated heterocycles. The topological polar surface area (TPSA) is 84.2 Å². The summed E-state index contributed by atoms with van der Waals surface area (Å²) in [6.45, 7) is 7.53. The van der Waals surface area contributed by atoms with Crippen LogP contribution in [0.1, 0.15) is 27.7 Å². The van der Waals surface area contributed by atoms with Crippen molar-refractivity contribution in [2.75, 3.05) is 17.2 Å². The number of hydrogen-bond acceptors (Lipinski definition) is 3. The minimum atomic E-state index is -0.607. The number of hydrogen-bond donors (Lipinski definition) is 3. The number of anilines is 2. The third kappa shape index (κ3) is 4.35. The number of carbonyl (C=O) groups is 2. The fourth-order valence-electron chi connectivity index (χ4n) is 1.32. The lowest BCUT2D eigenvalue weighted by atomic mass is 9.92. The minimum absolute atomic E-state index is 0.0361. The van der Waals surface area contributed by atoms with Crippen molar-refractivity contribution in [1.82, 2.24) is 0 Å². The van der Waals surface area contributed by atoms with Gasteiger partial charge < -0.3 is 16.4 Å². The number of benzene rings is 1. The molecule has 0 aromatic heterocycles. The molecule has 20 heavy (non-hydrogen) atoms. The third-order valence-electron chi connectivity index (χ3n) is 3.06. The summed E-state index contributed by atoms with van der Waals surface area (Å²) < 4.78 is 0. The fourth-order valence-corrected chi connectivity index (χ4v) is 1.32. The van der Waals surface area contributed by atoms with Crippen LogP contribution in [0.2, 0.25) is 0 Å². The Labute approximate surface area is 119 Å². The van der Waals surface area contributed by atoms with Gasteiger partial charge in [-0.15, -0.1) is 0 Å². The molecule has 1 aromatic rings. The summed E-state index contributed by atoms with van der Waals surface area (Å²) in [5, 5.41) is 5.60. The predicted octanol–water partition coefficient (Wildman–Crippen LogP) is 2.20. The molecule has 0 aliphatic heterocycles. The van der Waals surface area contributed by atoms with Crippen LogP contribution in [0.5, 0.6) is 0 Å².